The van der Waals surface area contributed by atoms with E-state index < -0.39 is 10.1 Å². The summed E-state index contributed by atoms with van der Waals surface area (Å²) in [6.45, 7) is 2.09. The van der Waals surface area contributed by atoms with Crippen molar-refractivity contribution in [1.82, 2.24) is 0 Å². The molecular weight excluding hydrogens is 259 g/mol. The van der Waals surface area contributed by atoms with E-state index >= 15 is 0 Å². The summed E-state index contributed by atoms with van der Waals surface area (Å²) in [4.78, 5) is -0.141. The molecule has 2 aromatic rings. The molecule has 0 radical (unpaired) electrons. The van der Waals surface area contributed by atoms with Crippen LogP contribution in [0.2, 0.25) is 0 Å². The Morgan fingerprint density at radius 3 is 2.50 bits per heavy atom. The zero-order chi connectivity index (χ0) is 12.5. The van der Waals surface area contributed by atoms with Gasteiger partial charge in [-0.2, -0.15) is 0 Å². The number of rotatable bonds is 3. The average molecular weight is 272 g/mol. The molecule has 0 aliphatic heterocycles. The minimum Gasteiger partial charge on any atom is -0.744 e. The Morgan fingerprint density at radius 2 is 1.89 bits per heavy atom. The predicted molar refractivity (Wildman–Crippen MR) is 65.9 cm³/mol. The second-order valence-corrected chi connectivity index (χ2v) is 5.36. The first-order valence-corrected chi connectivity index (χ1v) is 6.91. The van der Waals surface area contributed by atoms with Crippen LogP contribution in [0.1, 0.15) is 18.9 Å². The molecule has 0 fully saturated rings. The van der Waals surface area contributed by atoms with Crippen LogP contribution in [-0.2, 0) is 16.5 Å². The van der Waals surface area contributed by atoms with Crippen molar-refractivity contribution in [1.29, 1.82) is 0 Å². The largest absolute Gasteiger partial charge is 1.00 e. The molecule has 0 atom stereocenters. The molecule has 0 aromatic heterocycles. The number of aryl methyl sites for hydroxylation is 1. The van der Waals surface area contributed by atoms with Gasteiger partial charge in [0.2, 0.25) is 0 Å². The van der Waals surface area contributed by atoms with Gasteiger partial charge in [0, 0.05) is 0 Å². The molecule has 0 bridgehead atoms. The van der Waals surface area contributed by atoms with Crippen LogP contribution in [-0.4, -0.2) is 13.0 Å². The molecule has 0 saturated heterocycles. The number of hydrogen-bond donors (Lipinski definition) is 0. The van der Waals surface area contributed by atoms with Crippen LogP contribution in [0.15, 0.2) is 41.3 Å². The van der Waals surface area contributed by atoms with Gasteiger partial charge in [-0.1, -0.05) is 43.7 Å². The van der Waals surface area contributed by atoms with Gasteiger partial charge >= 0.3 is 29.6 Å². The van der Waals surface area contributed by atoms with Gasteiger partial charge in [0.05, 0.1) is 4.90 Å². The van der Waals surface area contributed by atoms with Gasteiger partial charge in [0.15, 0.2) is 0 Å². The molecule has 0 spiro atoms. The number of benzene rings is 2. The standard InChI is InChI=1S/C13H14O3S.Na/c1-2-4-10-7-8-12-11(9-10)5-3-6-13(12)17(14,15)16;/h3,5-9H,2,4H2,1H3,(H,14,15,16);/q;+1/p-1. The first-order chi connectivity index (χ1) is 8.02. The van der Waals surface area contributed by atoms with Crippen molar-refractivity contribution < 1.29 is 42.5 Å². The maximum atomic E-state index is 11.1. The van der Waals surface area contributed by atoms with Crippen molar-refractivity contribution in [3.8, 4) is 0 Å². The van der Waals surface area contributed by atoms with Crippen molar-refractivity contribution in [3.63, 3.8) is 0 Å². The van der Waals surface area contributed by atoms with E-state index in [1.165, 1.54) is 6.07 Å². The van der Waals surface area contributed by atoms with Crippen molar-refractivity contribution in [2.45, 2.75) is 24.7 Å². The fourth-order valence-electron chi connectivity index (χ4n) is 1.97. The first-order valence-electron chi connectivity index (χ1n) is 5.50. The fourth-order valence-corrected chi connectivity index (χ4v) is 2.67. The predicted octanol–water partition coefficient (Wildman–Crippen LogP) is -0.300. The van der Waals surface area contributed by atoms with Gasteiger partial charge in [-0.3, -0.25) is 0 Å². The SMILES string of the molecule is CCCc1ccc2c(S(=O)(=O)[O-])cccc2c1.[Na+]. The molecule has 18 heavy (non-hydrogen) atoms. The first kappa shape index (κ1) is 15.7. The Kier molecular flexibility index (Phi) is 5.37. The fraction of sp³-hybridized carbons (Fsp3) is 0.231. The molecular formula is C13H13NaO3S. The second kappa shape index (κ2) is 6.17. The third-order valence-corrected chi connectivity index (χ3v) is 3.61. The normalized spacial score (nSPS) is 11.2. The number of fused-ring (bicyclic) bond motifs is 1. The van der Waals surface area contributed by atoms with Crippen LogP contribution in [0, 0.1) is 0 Å². The Balaban J connectivity index is 0.00000162. The van der Waals surface area contributed by atoms with E-state index in [9.17, 15) is 13.0 Å². The van der Waals surface area contributed by atoms with E-state index in [0.717, 1.165) is 23.8 Å². The molecule has 2 rings (SSSR count). The summed E-state index contributed by atoms with van der Waals surface area (Å²) in [5, 5.41) is 1.30. The summed E-state index contributed by atoms with van der Waals surface area (Å²) >= 11 is 0. The minimum atomic E-state index is -4.40. The quantitative estimate of drug-likeness (QED) is 0.569. The molecule has 2 aromatic carbocycles. The van der Waals surface area contributed by atoms with E-state index in [2.05, 4.69) is 6.92 Å². The third-order valence-electron chi connectivity index (χ3n) is 2.71. The van der Waals surface area contributed by atoms with Crippen LogP contribution in [0.25, 0.3) is 10.8 Å². The summed E-state index contributed by atoms with van der Waals surface area (Å²) in [6, 6.07) is 10.3. The monoisotopic (exact) mass is 272 g/mol. The summed E-state index contributed by atoms with van der Waals surface area (Å²) in [6.07, 6.45) is 1.98. The van der Waals surface area contributed by atoms with Gasteiger partial charge < -0.3 is 4.55 Å². The zero-order valence-corrected chi connectivity index (χ0v) is 13.3. The number of hydrogen-bond acceptors (Lipinski definition) is 3. The average Bonchev–Trinajstić information content (AvgIpc) is 2.27. The van der Waals surface area contributed by atoms with Crippen molar-refractivity contribution in [2.75, 3.05) is 0 Å². The zero-order valence-electron chi connectivity index (χ0n) is 10.5. The van der Waals surface area contributed by atoms with Gasteiger partial charge in [-0.05, 0) is 28.8 Å². The molecule has 0 heterocycles. The van der Waals surface area contributed by atoms with E-state index in [0.29, 0.717) is 5.39 Å². The molecule has 0 unspecified atom stereocenters. The van der Waals surface area contributed by atoms with E-state index in [-0.39, 0.29) is 34.5 Å². The molecule has 0 aliphatic rings. The van der Waals surface area contributed by atoms with Crippen LogP contribution >= 0.6 is 0 Å². The molecule has 0 N–H and O–H groups in total. The van der Waals surface area contributed by atoms with Crippen molar-refractivity contribution >= 4 is 20.9 Å². The third kappa shape index (κ3) is 3.33. The van der Waals surface area contributed by atoms with E-state index in [4.69, 9.17) is 0 Å². The van der Waals surface area contributed by atoms with Crippen LogP contribution in [0.3, 0.4) is 0 Å². The van der Waals surface area contributed by atoms with Crippen LogP contribution in [0.4, 0.5) is 0 Å². The molecule has 5 heteroatoms. The molecule has 0 amide bonds. The van der Waals surface area contributed by atoms with Crippen LogP contribution < -0.4 is 29.6 Å². The minimum absolute atomic E-state index is 0. The van der Waals surface area contributed by atoms with E-state index in [1.54, 1.807) is 12.1 Å². The molecule has 90 valence electrons. The van der Waals surface area contributed by atoms with E-state index in [1.807, 2.05) is 18.2 Å². The molecule has 3 nitrogen and oxygen atoms in total. The maximum absolute atomic E-state index is 11.1. The van der Waals surface area contributed by atoms with Crippen LogP contribution in [0.5, 0.6) is 0 Å². The Labute approximate surface area is 129 Å². The Hall–Kier alpha value is -0.390. The van der Waals surface area contributed by atoms with Gasteiger partial charge in [-0.15, -0.1) is 0 Å². The molecule has 0 saturated carbocycles. The Morgan fingerprint density at radius 1 is 1.17 bits per heavy atom. The van der Waals surface area contributed by atoms with Gasteiger partial charge in [0.25, 0.3) is 0 Å². The topological polar surface area (TPSA) is 57.2 Å². The summed E-state index contributed by atoms with van der Waals surface area (Å²) in [7, 11) is -4.40. The smallest absolute Gasteiger partial charge is 0.744 e. The molecule has 0 aliphatic carbocycles. The van der Waals surface area contributed by atoms with Gasteiger partial charge in [0.1, 0.15) is 10.1 Å². The van der Waals surface area contributed by atoms with Crippen molar-refractivity contribution in [2.24, 2.45) is 0 Å². The Bertz CT molecular complexity index is 650. The summed E-state index contributed by atoms with van der Waals surface area (Å²) < 4.78 is 33.3. The maximum Gasteiger partial charge on any atom is 1.00 e. The van der Waals surface area contributed by atoms with Gasteiger partial charge in [-0.25, -0.2) is 8.42 Å². The van der Waals surface area contributed by atoms with Crippen molar-refractivity contribution in [3.05, 3.63) is 42.0 Å². The second-order valence-electron chi connectivity index (χ2n) is 4.02. The summed E-state index contributed by atoms with van der Waals surface area (Å²) in [5.41, 5.74) is 1.15. The summed E-state index contributed by atoms with van der Waals surface area (Å²) in [5.74, 6) is 0.